The van der Waals surface area contributed by atoms with Crippen LogP contribution in [0.1, 0.15) is 0 Å². The van der Waals surface area contributed by atoms with E-state index < -0.39 is 0 Å². The topological polar surface area (TPSA) is 51.8 Å². The second-order valence-electron chi connectivity index (χ2n) is 13.2. The van der Waals surface area contributed by atoms with Gasteiger partial charge in [-0.3, -0.25) is 0 Å². The van der Waals surface area contributed by atoms with E-state index in [-0.39, 0.29) is 0 Å². The van der Waals surface area contributed by atoms with Crippen molar-refractivity contribution in [3.05, 3.63) is 188 Å². The summed E-state index contributed by atoms with van der Waals surface area (Å²) in [7, 11) is 0. The molecule has 0 unspecified atom stereocenters. The molecule has 0 saturated carbocycles. The predicted octanol–water partition coefficient (Wildman–Crippen LogP) is 12.9. The van der Waals surface area contributed by atoms with Gasteiger partial charge < -0.3 is 4.42 Å². The summed E-state index contributed by atoms with van der Waals surface area (Å²) in [4.78, 5) is 15.3. The van der Waals surface area contributed by atoms with E-state index in [9.17, 15) is 0 Å². The van der Waals surface area contributed by atoms with Crippen LogP contribution in [0.5, 0.6) is 0 Å². The molecule has 53 heavy (non-hydrogen) atoms. The van der Waals surface area contributed by atoms with Crippen molar-refractivity contribution in [1.82, 2.24) is 15.0 Å². The molecule has 0 aliphatic rings. The van der Waals surface area contributed by atoms with Crippen LogP contribution in [0.25, 0.3) is 100 Å². The van der Waals surface area contributed by atoms with Gasteiger partial charge >= 0.3 is 0 Å². The van der Waals surface area contributed by atoms with E-state index in [1.807, 2.05) is 48.5 Å². The van der Waals surface area contributed by atoms with Crippen molar-refractivity contribution in [2.45, 2.75) is 0 Å². The molecule has 0 saturated heterocycles. The third-order valence-corrected chi connectivity index (χ3v) is 9.93. The van der Waals surface area contributed by atoms with Gasteiger partial charge in [-0.25, -0.2) is 15.0 Å². The molecule has 10 aromatic rings. The number of aromatic nitrogens is 3. The van der Waals surface area contributed by atoms with Crippen LogP contribution in [0.2, 0.25) is 0 Å². The minimum absolute atomic E-state index is 0.586. The van der Waals surface area contributed by atoms with Crippen molar-refractivity contribution in [1.29, 1.82) is 0 Å². The van der Waals surface area contributed by atoms with E-state index in [0.717, 1.165) is 71.7 Å². The number of furan rings is 1. The molecule has 0 radical (unpaired) electrons. The average Bonchev–Trinajstić information content (AvgIpc) is 3.62. The van der Waals surface area contributed by atoms with Crippen LogP contribution in [0.15, 0.2) is 192 Å². The molecule has 10 rings (SSSR count). The zero-order chi connectivity index (χ0) is 35.1. The fourth-order valence-corrected chi connectivity index (χ4v) is 7.32. The molecule has 4 heteroatoms. The summed E-state index contributed by atoms with van der Waals surface area (Å²) in [5.74, 6) is 1.82. The van der Waals surface area contributed by atoms with Crippen molar-refractivity contribution in [2.75, 3.05) is 0 Å². The summed E-state index contributed by atoms with van der Waals surface area (Å²) in [5, 5.41) is 4.34. The van der Waals surface area contributed by atoms with E-state index in [1.54, 1.807) is 0 Å². The smallest absolute Gasteiger partial charge is 0.164 e. The Labute approximate surface area is 306 Å². The van der Waals surface area contributed by atoms with Crippen LogP contribution in [-0.2, 0) is 0 Å². The Morgan fingerprint density at radius 1 is 0.302 bits per heavy atom. The molecule has 8 aromatic carbocycles. The summed E-state index contributed by atoms with van der Waals surface area (Å²) < 4.78 is 6.56. The predicted molar refractivity (Wildman–Crippen MR) is 217 cm³/mol. The summed E-state index contributed by atoms with van der Waals surface area (Å²) in [6.07, 6.45) is 0. The van der Waals surface area contributed by atoms with E-state index in [1.165, 1.54) is 11.1 Å². The van der Waals surface area contributed by atoms with Crippen molar-refractivity contribution < 1.29 is 4.42 Å². The lowest BCUT2D eigenvalue weighted by Crippen LogP contribution is -2.00. The molecular weight excluding hydrogens is 647 g/mol. The van der Waals surface area contributed by atoms with E-state index in [4.69, 9.17) is 19.4 Å². The largest absolute Gasteiger partial charge is 0.456 e. The zero-order valence-electron chi connectivity index (χ0n) is 28.6. The van der Waals surface area contributed by atoms with Gasteiger partial charge in [-0.2, -0.15) is 0 Å². The molecule has 2 aromatic heterocycles. The second-order valence-corrected chi connectivity index (χ2v) is 13.2. The molecule has 4 nitrogen and oxygen atoms in total. The molecule has 0 N–H and O–H groups in total. The highest BCUT2D eigenvalue weighted by Gasteiger charge is 2.18. The molecule has 0 aliphatic heterocycles. The SMILES string of the molecule is c1ccc(-c2cccc(-c3cccc4oc5cc(-c6nc(-c7ccccc7)nc(-c7cccc8ccc(-c9ccccc9)cc78)n6)ccc5c34)c2)cc1. The van der Waals surface area contributed by atoms with Crippen LogP contribution < -0.4 is 0 Å². The van der Waals surface area contributed by atoms with Gasteiger partial charge in [0.2, 0.25) is 0 Å². The van der Waals surface area contributed by atoms with Crippen LogP contribution in [0, 0.1) is 0 Å². The molecule has 0 spiro atoms. The van der Waals surface area contributed by atoms with E-state index in [0.29, 0.717) is 17.5 Å². The Hall–Kier alpha value is -7.17. The van der Waals surface area contributed by atoms with Crippen LogP contribution in [-0.4, -0.2) is 15.0 Å². The highest BCUT2D eigenvalue weighted by Crippen LogP contribution is 2.39. The number of fused-ring (bicyclic) bond motifs is 4. The quantitative estimate of drug-likeness (QED) is 0.176. The van der Waals surface area contributed by atoms with Gasteiger partial charge in [-0.15, -0.1) is 0 Å². The second kappa shape index (κ2) is 12.9. The molecular formula is C49H31N3O. The molecule has 0 aliphatic carbocycles. The molecule has 0 amide bonds. The monoisotopic (exact) mass is 677 g/mol. The van der Waals surface area contributed by atoms with Crippen LogP contribution >= 0.6 is 0 Å². The maximum absolute atomic E-state index is 6.56. The number of rotatable bonds is 6. The first-order chi connectivity index (χ1) is 26.2. The molecule has 248 valence electrons. The first kappa shape index (κ1) is 30.6. The van der Waals surface area contributed by atoms with Gasteiger partial charge in [-0.05, 0) is 74.5 Å². The van der Waals surface area contributed by atoms with Crippen LogP contribution in [0.4, 0.5) is 0 Å². The van der Waals surface area contributed by atoms with Gasteiger partial charge in [0, 0.05) is 27.5 Å². The summed E-state index contributed by atoms with van der Waals surface area (Å²) in [6.45, 7) is 0. The summed E-state index contributed by atoms with van der Waals surface area (Å²) in [5.41, 5.74) is 11.3. The molecule has 0 fully saturated rings. The van der Waals surface area contributed by atoms with E-state index in [2.05, 4.69) is 140 Å². The lowest BCUT2D eigenvalue weighted by Gasteiger charge is -2.11. The first-order valence-corrected chi connectivity index (χ1v) is 17.8. The van der Waals surface area contributed by atoms with Gasteiger partial charge in [0.15, 0.2) is 17.5 Å². The van der Waals surface area contributed by atoms with E-state index >= 15 is 0 Å². The van der Waals surface area contributed by atoms with Gasteiger partial charge in [0.25, 0.3) is 0 Å². The fourth-order valence-electron chi connectivity index (χ4n) is 7.32. The number of benzene rings is 8. The number of nitrogens with zero attached hydrogens (tertiary/aromatic N) is 3. The normalized spacial score (nSPS) is 11.4. The maximum atomic E-state index is 6.56. The standard InChI is InChI=1S/C49H31N3O/c1-4-13-32(14-5-1)36-20-10-21-38(29-36)40-22-12-24-44-46(40)42-28-27-39(31-45(42)53-44)48-50-47(35-17-8-3-9-18-35)51-49(52-48)41-23-11-19-34-25-26-37(30-43(34)41)33-15-6-2-7-16-33/h1-31H. The summed E-state index contributed by atoms with van der Waals surface area (Å²) >= 11 is 0. The van der Waals surface area contributed by atoms with Gasteiger partial charge in [-0.1, -0.05) is 158 Å². The average molecular weight is 678 g/mol. The first-order valence-electron chi connectivity index (χ1n) is 17.8. The fraction of sp³-hybridized carbons (Fsp3) is 0. The Morgan fingerprint density at radius 3 is 1.62 bits per heavy atom. The molecule has 2 heterocycles. The van der Waals surface area contributed by atoms with Gasteiger partial charge in [0.1, 0.15) is 11.2 Å². The van der Waals surface area contributed by atoms with Crippen molar-refractivity contribution in [3.8, 4) is 67.5 Å². The number of hydrogen-bond donors (Lipinski definition) is 0. The number of hydrogen-bond acceptors (Lipinski definition) is 4. The van der Waals surface area contributed by atoms with Crippen molar-refractivity contribution >= 4 is 32.7 Å². The Kier molecular flexibility index (Phi) is 7.43. The maximum Gasteiger partial charge on any atom is 0.164 e. The Balaban J connectivity index is 1.12. The Morgan fingerprint density at radius 2 is 0.868 bits per heavy atom. The van der Waals surface area contributed by atoms with Gasteiger partial charge in [0.05, 0.1) is 0 Å². The minimum atomic E-state index is 0.586. The highest BCUT2D eigenvalue weighted by atomic mass is 16.3. The summed E-state index contributed by atoms with van der Waals surface area (Å²) in [6, 6.07) is 65.2. The van der Waals surface area contributed by atoms with Crippen LogP contribution in [0.3, 0.4) is 0 Å². The molecule has 0 bridgehead atoms. The molecule has 0 atom stereocenters. The van der Waals surface area contributed by atoms with Crippen molar-refractivity contribution in [3.63, 3.8) is 0 Å². The van der Waals surface area contributed by atoms with Crippen molar-refractivity contribution in [2.24, 2.45) is 0 Å². The third-order valence-electron chi connectivity index (χ3n) is 9.93. The lowest BCUT2D eigenvalue weighted by atomic mass is 9.96. The minimum Gasteiger partial charge on any atom is -0.456 e. The highest BCUT2D eigenvalue weighted by molar-refractivity contribution is 6.13. The third kappa shape index (κ3) is 5.63. The lowest BCUT2D eigenvalue weighted by molar-refractivity contribution is 0.669. The Bertz CT molecular complexity index is 2940. The zero-order valence-corrected chi connectivity index (χ0v) is 28.6.